The van der Waals surface area contributed by atoms with Gasteiger partial charge in [0.2, 0.25) is 5.91 Å². The number of nitrogens with zero attached hydrogens (tertiary/aromatic N) is 1. The highest BCUT2D eigenvalue weighted by Crippen LogP contribution is 2.27. The van der Waals surface area contributed by atoms with Crippen molar-refractivity contribution in [2.24, 2.45) is 0 Å². The van der Waals surface area contributed by atoms with Crippen molar-refractivity contribution in [2.45, 2.75) is 45.8 Å². The molecule has 1 heterocycles. The fourth-order valence-corrected chi connectivity index (χ4v) is 3.13. The normalized spacial score (nSPS) is 13.0. The molecule has 0 saturated heterocycles. The molecule has 0 aliphatic carbocycles. The van der Waals surface area contributed by atoms with E-state index in [4.69, 9.17) is 0 Å². The van der Waals surface area contributed by atoms with Crippen LogP contribution in [0.4, 0.5) is 0 Å². The molecule has 0 aliphatic heterocycles. The minimum absolute atomic E-state index is 0.0385. The Morgan fingerprint density at radius 2 is 1.95 bits per heavy atom. The van der Waals surface area contributed by atoms with Crippen LogP contribution in [0, 0.1) is 13.8 Å². The fraction of sp³-hybridized carbons (Fsp3) is 0.412. The fourth-order valence-electron chi connectivity index (χ4n) is 2.16. The van der Waals surface area contributed by atoms with Crippen LogP contribution in [0.1, 0.15) is 47.5 Å². The van der Waals surface area contributed by atoms with Crippen LogP contribution >= 0.6 is 11.3 Å². The van der Waals surface area contributed by atoms with Crippen molar-refractivity contribution in [3.05, 3.63) is 51.5 Å². The van der Waals surface area contributed by atoms with Gasteiger partial charge in [-0.1, -0.05) is 30.3 Å². The quantitative estimate of drug-likeness (QED) is 0.889. The largest absolute Gasteiger partial charge is 0.388 e. The number of nitrogens with one attached hydrogen (secondary N) is 1. The van der Waals surface area contributed by atoms with Crippen molar-refractivity contribution >= 4 is 17.2 Å². The van der Waals surface area contributed by atoms with Crippen LogP contribution in [0.5, 0.6) is 0 Å². The molecule has 2 aromatic rings. The van der Waals surface area contributed by atoms with E-state index < -0.39 is 11.6 Å². The summed E-state index contributed by atoms with van der Waals surface area (Å²) in [7, 11) is 0. The molecule has 1 atom stereocenters. The number of thiazole rings is 1. The van der Waals surface area contributed by atoms with E-state index >= 15 is 0 Å². The third kappa shape index (κ3) is 3.93. The Hall–Kier alpha value is -1.72. The summed E-state index contributed by atoms with van der Waals surface area (Å²) in [6.07, 6.45) is -0.756. The first-order chi connectivity index (χ1) is 10.3. The number of aliphatic hydroxyl groups excluding tert-OH is 1. The lowest BCUT2D eigenvalue weighted by Gasteiger charge is -2.24. The van der Waals surface area contributed by atoms with Gasteiger partial charge in [0.05, 0.1) is 23.8 Å². The zero-order chi connectivity index (χ0) is 16.3. The summed E-state index contributed by atoms with van der Waals surface area (Å²) in [6.45, 7) is 7.84. The lowest BCUT2D eigenvalue weighted by molar-refractivity contribution is -0.124. The predicted molar refractivity (Wildman–Crippen MR) is 88.8 cm³/mol. The van der Waals surface area contributed by atoms with Crippen molar-refractivity contribution in [2.75, 3.05) is 0 Å². The molecule has 0 saturated carbocycles. The number of hydrogen-bond acceptors (Lipinski definition) is 4. The molecule has 2 N–H and O–H groups in total. The maximum absolute atomic E-state index is 12.2. The molecular formula is C17H22N2O2S. The van der Waals surface area contributed by atoms with Crippen LogP contribution in [0.2, 0.25) is 0 Å². The van der Waals surface area contributed by atoms with Crippen molar-refractivity contribution in [1.29, 1.82) is 0 Å². The minimum Gasteiger partial charge on any atom is -0.388 e. The van der Waals surface area contributed by atoms with Gasteiger partial charge < -0.3 is 10.4 Å². The maximum Gasteiger partial charge on any atom is 0.223 e. The third-order valence-electron chi connectivity index (χ3n) is 3.58. The highest BCUT2D eigenvalue weighted by Gasteiger charge is 2.27. The zero-order valence-corrected chi connectivity index (χ0v) is 14.2. The molecule has 118 valence electrons. The van der Waals surface area contributed by atoms with Crippen LogP contribution in [-0.2, 0) is 10.3 Å². The number of carbonyl (C=O) groups excluding carboxylic acids is 1. The SMILES string of the molecule is Cc1nc(C(C)(C)NC(=O)CC(O)c2ccccc2)sc1C. The van der Waals surface area contributed by atoms with Gasteiger partial charge in [0.1, 0.15) is 5.01 Å². The van der Waals surface area contributed by atoms with E-state index in [1.165, 1.54) is 0 Å². The van der Waals surface area contributed by atoms with Gasteiger partial charge in [0, 0.05) is 4.88 Å². The second kappa shape index (κ2) is 6.58. The molecule has 5 heteroatoms. The monoisotopic (exact) mass is 318 g/mol. The second-order valence-electron chi connectivity index (χ2n) is 5.96. The van der Waals surface area contributed by atoms with E-state index in [1.54, 1.807) is 11.3 Å². The van der Waals surface area contributed by atoms with E-state index in [9.17, 15) is 9.90 Å². The van der Waals surface area contributed by atoms with Gasteiger partial charge in [-0.2, -0.15) is 0 Å². The summed E-state index contributed by atoms with van der Waals surface area (Å²) in [5.74, 6) is -0.188. The number of benzene rings is 1. The van der Waals surface area contributed by atoms with Crippen molar-refractivity contribution in [3.8, 4) is 0 Å². The molecule has 0 fully saturated rings. The topological polar surface area (TPSA) is 62.2 Å². The Kier molecular flexibility index (Phi) is 4.98. The van der Waals surface area contributed by atoms with Gasteiger partial charge in [-0.15, -0.1) is 11.3 Å². The molecule has 0 radical (unpaired) electrons. The number of aromatic nitrogens is 1. The molecule has 0 aliphatic rings. The third-order valence-corrected chi connectivity index (χ3v) is 4.97. The Balaban J connectivity index is 2.01. The van der Waals surface area contributed by atoms with Gasteiger partial charge >= 0.3 is 0 Å². The van der Waals surface area contributed by atoms with Crippen LogP contribution < -0.4 is 5.32 Å². The number of carbonyl (C=O) groups is 1. The van der Waals surface area contributed by atoms with Gasteiger partial charge in [-0.3, -0.25) is 4.79 Å². The minimum atomic E-state index is -0.795. The first-order valence-electron chi connectivity index (χ1n) is 7.28. The molecule has 1 aromatic carbocycles. The molecule has 4 nitrogen and oxygen atoms in total. The zero-order valence-electron chi connectivity index (χ0n) is 13.4. The Morgan fingerprint density at radius 1 is 1.32 bits per heavy atom. The molecule has 0 spiro atoms. The van der Waals surface area contributed by atoms with Gasteiger partial charge in [0.15, 0.2) is 0 Å². The molecular weight excluding hydrogens is 296 g/mol. The van der Waals surface area contributed by atoms with Gasteiger partial charge in [-0.25, -0.2) is 4.98 Å². The van der Waals surface area contributed by atoms with Crippen molar-refractivity contribution in [1.82, 2.24) is 10.3 Å². The summed E-state index contributed by atoms with van der Waals surface area (Å²) in [6, 6.07) is 9.21. The smallest absolute Gasteiger partial charge is 0.223 e. The highest BCUT2D eigenvalue weighted by molar-refractivity contribution is 7.11. The molecule has 22 heavy (non-hydrogen) atoms. The molecule has 1 unspecified atom stereocenters. The average molecular weight is 318 g/mol. The predicted octanol–water partition coefficient (Wildman–Crippen LogP) is 3.23. The number of rotatable bonds is 5. The molecule has 2 rings (SSSR count). The van der Waals surface area contributed by atoms with Crippen molar-refractivity contribution in [3.63, 3.8) is 0 Å². The van der Waals surface area contributed by atoms with E-state index in [1.807, 2.05) is 58.0 Å². The average Bonchev–Trinajstić information content (AvgIpc) is 2.80. The second-order valence-corrected chi connectivity index (χ2v) is 7.17. The lowest BCUT2D eigenvalue weighted by Crippen LogP contribution is -2.41. The summed E-state index contributed by atoms with van der Waals surface area (Å²) in [5.41, 5.74) is 1.19. The maximum atomic E-state index is 12.2. The Labute approximate surface area is 135 Å². The number of aryl methyl sites for hydroxylation is 2. The summed E-state index contributed by atoms with van der Waals surface area (Å²) in [4.78, 5) is 17.9. The Morgan fingerprint density at radius 3 is 2.50 bits per heavy atom. The number of hydrogen-bond donors (Lipinski definition) is 2. The molecule has 1 aromatic heterocycles. The summed E-state index contributed by atoms with van der Waals surface area (Å²) in [5, 5.41) is 14.0. The highest BCUT2D eigenvalue weighted by atomic mass is 32.1. The summed E-state index contributed by atoms with van der Waals surface area (Å²) < 4.78 is 0. The van der Waals surface area contributed by atoms with Crippen LogP contribution in [0.25, 0.3) is 0 Å². The van der Waals surface area contributed by atoms with E-state index in [2.05, 4.69) is 10.3 Å². The lowest BCUT2D eigenvalue weighted by atomic mass is 10.0. The van der Waals surface area contributed by atoms with Crippen molar-refractivity contribution < 1.29 is 9.90 Å². The van der Waals surface area contributed by atoms with E-state index in [0.29, 0.717) is 0 Å². The van der Waals surface area contributed by atoms with Crippen LogP contribution in [0.3, 0.4) is 0 Å². The molecule has 0 bridgehead atoms. The first kappa shape index (κ1) is 16.6. The van der Waals surface area contributed by atoms with Gasteiger partial charge in [0.25, 0.3) is 0 Å². The van der Waals surface area contributed by atoms with E-state index in [0.717, 1.165) is 21.1 Å². The summed E-state index contributed by atoms with van der Waals surface area (Å²) >= 11 is 1.59. The first-order valence-corrected chi connectivity index (χ1v) is 8.10. The van der Waals surface area contributed by atoms with Gasteiger partial charge in [-0.05, 0) is 33.3 Å². The number of amides is 1. The van der Waals surface area contributed by atoms with Crippen LogP contribution in [0.15, 0.2) is 30.3 Å². The van der Waals surface area contributed by atoms with Crippen LogP contribution in [-0.4, -0.2) is 16.0 Å². The Bertz CT molecular complexity index is 630. The molecule has 1 amide bonds. The standard InChI is InChI=1S/C17H22N2O2S/c1-11-12(2)22-16(18-11)17(3,4)19-15(21)10-14(20)13-8-6-5-7-9-13/h5-9,14,20H,10H2,1-4H3,(H,19,21). The van der Waals surface area contributed by atoms with E-state index in [-0.39, 0.29) is 12.3 Å². The number of aliphatic hydroxyl groups is 1.